The first-order chi connectivity index (χ1) is 8.80. The SMILES string of the molecule is CC(C)(C)OC(=O)N1Cc2cc(I)nn2C(CO)C1. The lowest BCUT2D eigenvalue weighted by Crippen LogP contribution is -2.44. The van der Waals surface area contributed by atoms with Gasteiger partial charge in [0.25, 0.3) is 0 Å². The van der Waals surface area contributed by atoms with Crippen LogP contribution in [-0.4, -0.2) is 44.6 Å². The Kier molecular flexibility index (Phi) is 4.05. The zero-order valence-electron chi connectivity index (χ0n) is 11.3. The molecule has 1 atom stereocenters. The van der Waals surface area contributed by atoms with Crippen LogP contribution in [-0.2, 0) is 11.3 Å². The van der Waals surface area contributed by atoms with Gasteiger partial charge in [0.1, 0.15) is 9.30 Å². The van der Waals surface area contributed by atoms with Gasteiger partial charge in [0.15, 0.2) is 0 Å². The molecule has 1 aliphatic rings. The van der Waals surface area contributed by atoms with E-state index in [4.69, 9.17) is 4.74 Å². The first kappa shape index (κ1) is 14.6. The number of hydrogen-bond donors (Lipinski definition) is 1. The molecule has 0 aliphatic carbocycles. The van der Waals surface area contributed by atoms with E-state index in [2.05, 4.69) is 27.7 Å². The molecular weight excluding hydrogens is 361 g/mol. The van der Waals surface area contributed by atoms with E-state index in [1.54, 1.807) is 9.58 Å². The Hall–Kier alpha value is -0.830. The Bertz CT molecular complexity index is 481. The topological polar surface area (TPSA) is 67.6 Å². The molecule has 0 radical (unpaired) electrons. The van der Waals surface area contributed by atoms with Gasteiger partial charge < -0.3 is 14.7 Å². The van der Waals surface area contributed by atoms with Crippen LogP contribution in [0, 0.1) is 3.70 Å². The largest absolute Gasteiger partial charge is 0.444 e. The van der Waals surface area contributed by atoms with Gasteiger partial charge in [-0.25, -0.2) is 4.79 Å². The molecule has 1 aromatic rings. The van der Waals surface area contributed by atoms with Crippen LogP contribution >= 0.6 is 22.6 Å². The van der Waals surface area contributed by atoms with Crippen LogP contribution in [0.1, 0.15) is 32.5 Å². The van der Waals surface area contributed by atoms with E-state index in [1.165, 1.54) is 0 Å². The number of aliphatic hydroxyl groups excluding tert-OH is 1. The van der Waals surface area contributed by atoms with Crippen LogP contribution in [0.25, 0.3) is 0 Å². The van der Waals surface area contributed by atoms with Gasteiger partial charge in [-0.05, 0) is 49.4 Å². The molecule has 1 amide bonds. The predicted molar refractivity (Wildman–Crippen MR) is 77.7 cm³/mol. The monoisotopic (exact) mass is 379 g/mol. The number of ether oxygens (including phenoxy) is 1. The van der Waals surface area contributed by atoms with Crippen molar-refractivity contribution in [2.75, 3.05) is 13.2 Å². The average molecular weight is 379 g/mol. The van der Waals surface area contributed by atoms with E-state index in [0.29, 0.717) is 13.1 Å². The highest BCUT2D eigenvalue weighted by Crippen LogP contribution is 2.23. The van der Waals surface area contributed by atoms with Crippen molar-refractivity contribution in [3.8, 4) is 0 Å². The molecule has 1 aromatic heterocycles. The van der Waals surface area contributed by atoms with E-state index in [0.717, 1.165) is 9.39 Å². The fraction of sp³-hybridized carbons (Fsp3) is 0.667. The molecule has 7 heteroatoms. The first-order valence-electron chi connectivity index (χ1n) is 6.13. The molecule has 6 nitrogen and oxygen atoms in total. The number of amides is 1. The fourth-order valence-corrected chi connectivity index (χ4v) is 2.62. The molecule has 0 aromatic carbocycles. The predicted octanol–water partition coefficient (Wildman–Crippen LogP) is 1.77. The lowest BCUT2D eigenvalue weighted by molar-refractivity contribution is 0.0129. The van der Waals surface area contributed by atoms with Crippen molar-refractivity contribution < 1.29 is 14.6 Å². The molecule has 1 aliphatic heterocycles. The second-order valence-electron chi connectivity index (χ2n) is 5.60. The molecule has 0 saturated carbocycles. The smallest absolute Gasteiger partial charge is 0.410 e. The van der Waals surface area contributed by atoms with Gasteiger partial charge in [-0.15, -0.1) is 0 Å². The van der Waals surface area contributed by atoms with Gasteiger partial charge in [0.05, 0.1) is 24.9 Å². The summed E-state index contributed by atoms with van der Waals surface area (Å²) in [5.41, 5.74) is 0.401. The lowest BCUT2D eigenvalue weighted by Gasteiger charge is -2.34. The summed E-state index contributed by atoms with van der Waals surface area (Å²) in [6, 6.07) is 1.71. The Morgan fingerprint density at radius 2 is 2.32 bits per heavy atom. The minimum absolute atomic E-state index is 0.0515. The number of nitrogens with zero attached hydrogens (tertiary/aromatic N) is 3. The molecule has 1 unspecified atom stereocenters. The van der Waals surface area contributed by atoms with Crippen LogP contribution in [0.15, 0.2) is 6.07 Å². The standard InChI is InChI=1S/C12H18IN3O3/c1-12(2,3)19-11(18)15-5-8-4-10(13)14-16(8)9(6-15)7-17/h4,9,17H,5-7H2,1-3H3. The van der Waals surface area contributed by atoms with Crippen LogP contribution in [0.4, 0.5) is 4.79 Å². The number of carbonyl (C=O) groups is 1. The minimum Gasteiger partial charge on any atom is -0.444 e. The maximum absolute atomic E-state index is 12.1. The van der Waals surface area contributed by atoms with Gasteiger partial charge in [-0.3, -0.25) is 4.68 Å². The second kappa shape index (κ2) is 5.28. The third-order valence-corrected chi connectivity index (χ3v) is 3.30. The number of rotatable bonds is 1. The van der Waals surface area contributed by atoms with Crippen LogP contribution in [0.2, 0.25) is 0 Å². The van der Waals surface area contributed by atoms with E-state index >= 15 is 0 Å². The summed E-state index contributed by atoms with van der Waals surface area (Å²) in [7, 11) is 0. The maximum atomic E-state index is 12.1. The van der Waals surface area contributed by atoms with Gasteiger partial charge in [-0.2, -0.15) is 5.10 Å². The molecule has 0 bridgehead atoms. The fourth-order valence-electron chi connectivity index (χ4n) is 2.03. The molecule has 2 rings (SSSR count). The quantitative estimate of drug-likeness (QED) is 0.756. The highest BCUT2D eigenvalue weighted by atomic mass is 127. The number of fused-ring (bicyclic) bond motifs is 1. The van der Waals surface area contributed by atoms with Crippen molar-refractivity contribution in [3.05, 3.63) is 15.5 Å². The Morgan fingerprint density at radius 1 is 1.63 bits per heavy atom. The van der Waals surface area contributed by atoms with E-state index in [9.17, 15) is 9.90 Å². The van der Waals surface area contributed by atoms with Crippen LogP contribution in [0.5, 0.6) is 0 Å². The third kappa shape index (κ3) is 3.38. The van der Waals surface area contributed by atoms with Crippen molar-refractivity contribution in [1.82, 2.24) is 14.7 Å². The van der Waals surface area contributed by atoms with Crippen molar-refractivity contribution >= 4 is 28.7 Å². The van der Waals surface area contributed by atoms with E-state index in [-0.39, 0.29) is 18.7 Å². The van der Waals surface area contributed by atoms with E-state index < -0.39 is 5.60 Å². The number of carbonyl (C=O) groups excluding carboxylic acids is 1. The summed E-state index contributed by atoms with van der Waals surface area (Å²) < 4.78 is 8.02. The Labute approximate surface area is 125 Å². The molecule has 106 valence electrons. The highest BCUT2D eigenvalue weighted by molar-refractivity contribution is 14.1. The van der Waals surface area contributed by atoms with Gasteiger partial charge in [0, 0.05) is 6.54 Å². The minimum atomic E-state index is -0.516. The maximum Gasteiger partial charge on any atom is 0.410 e. The summed E-state index contributed by atoms with van der Waals surface area (Å²) in [5.74, 6) is 0. The highest BCUT2D eigenvalue weighted by Gasteiger charge is 2.31. The number of aliphatic hydroxyl groups is 1. The number of aromatic nitrogens is 2. The Morgan fingerprint density at radius 3 is 2.89 bits per heavy atom. The summed E-state index contributed by atoms with van der Waals surface area (Å²) in [6.45, 7) is 6.34. The second-order valence-corrected chi connectivity index (χ2v) is 6.71. The van der Waals surface area contributed by atoms with E-state index in [1.807, 2.05) is 26.8 Å². The average Bonchev–Trinajstić information content (AvgIpc) is 2.65. The van der Waals surface area contributed by atoms with Gasteiger partial charge in [0.2, 0.25) is 0 Å². The summed E-state index contributed by atoms with van der Waals surface area (Å²) >= 11 is 2.13. The molecule has 0 saturated heterocycles. The molecule has 0 spiro atoms. The molecule has 1 N–H and O–H groups in total. The third-order valence-electron chi connectivity index (χ3n) is 2.78. The molecular formula is C12H18IN3O3. The van der Waals surface area contributed by atoms with Crippen molar-refractivity contribution in [3.63, 3.8) is 0 Å². The van der Waals surface area contributed by atoms with Crippen molar-refractivity contribution in [2.45, 2.75) is 39.0 Å². The molecule has 2 heterocycles. The summed E-state index contributed by atoms with van der Waals surface area (Å²) in [6.07, 6.45) is -0.353. The van der Waals surface area contributed by atoms with Gasteiger partial charge in [-0.1, -0.05) is 0 Å². The zero-order valence-corrected chi connectivity index (χ0v) is 13.4. The van der Waals surface area contributed by atoms with Crippen molar-refractivity contribution in [2.24, 2.45) is 0 Å². The number of halogens is 1. The van der Waals surface area contributed by atoms with Crippen LogP contribution < -0.4 is 0 Å². The summed E-state index contributed by atoms with van der Waals surface area (Å²) in [5, 5.41) is 13.8. The number of hydrogen-bond acceptors (Lipinski definition) is 4. The normalized spacial score (nSPS) is 19.2. The van der Waals surface area contributed by atoms with Crippen LogP contribution in [0.3, 0.4) is 0 Å². The van der Waals surface area contributed by atoms with Gasteiger partial charge >= 0.3 is 6.09 Å². The lowest BCUT2D eigenvalue weighted by atomic mass is 10.2. The first-order valence-corrected chi connectivity index (χ1v) is 7.21. The Balaban J connectivity index is 2.17. The van der Waals surface area contributed by atoms with Crippen molar-refractivity contribution in [1.29, 1.82) is 0 Å². The summed E-state index contributed by atoms with van der Waals surface area (Å²) in [4.78, 5) is 13.7. The molecule has 19 heavy (non-hydrogen) atoms. The zero-order chi connectivity index (χ0) is 14.2. The molecule has 0 fully saturated rings.